The number of rotatable bonds is 0. The van der Waals surface area contributed by atoms with Crippen molar-refractivity contribution in [2.75, 3.05) is 0 Å². The van der Waals surface area contributed by atoms with Crippen LogP contribution in [0.1, 0.15) is 51.4 Å². The third-order valence-corrected chi connectivity index (χ3v) is 7.43. The summed E-state index contributed by atoms with van der Waals surface area (Å²) in [7, 11) is -0.580. The molecule has 1 aliphatic heterocycles. The molecule has 2 heteroatoms. The smallest absolute Gasteiger partial charge is 0.0320 e. The van der Waals surface area contributed by atoms with Gasteiger partial charge in [0, 0.05) is 19.5 Å². The first kappa shape index (κ1) is 9.60. The molecule has 0 aromatic carbocycles. The Bertz CT molecular complexity index is 196. The van der Waals surface area contributed by atoms with Gasteiger partial charge in [0.2, 0.25) is 0 Å². The van der Waals surface area contributed by atoms with E-state index in [-0.39, 0.29) is 0 Å². The standard InChI is InChI=1S/C12H21OP/c13-14-11-7-3-1-5-9(11)10-6-2-4-8-12(10)14/h9-13H,1-8H2. The van der Waals surface area contributed by atoms with Crippen LogP contribution in [0.4, 0.5) is 0 Å². The Morgan fingerprint density at radius 2 is 1.14 bits per heavy atom. The lowest BCUT2D eigenvalue weighted by molar-refractivity contribution is 0.231. The Labute approximate surface area is 88.1 Å². The van der Waals surface area contributed by atoms with Crippen molar-refractivity contribution in [3.05, 3.63) is 0 Å². The largest absolute Gasteiger partial charge is 0.373 e. The average Bonchev–Trinajstić information content (AvgIpc) is 2.55. The Kier molecular flexibility index (Phi) is 2.58. The van der Waals surface area contributed by atoms with E-state index in [0.717, 1.165) is 23.2 Å². The number of fused-ring (bicyclic) bond motifs is 3. The van der Waals surface area contributed by atoms with E-state index in [4.69, 9.17) is 0 Å². The molecular weight excluding hydrogens is 191 g/mol. The highest BCUT2D eigenvalue weighted by Crippen LogP contribution is 2.65. The van der Waals surface area contributed by atoms with E-state index in [1.54, 1.807) is 0 Å². The number of hydrogen-bond acceptors (Lipinski definition) is 1. The molecule has 1 N–H and O–H groups in total. The van der Waals surface area contributed by atoms with Crippen LogP contribution in [-0.4, -0.2) is 16.2 Å². The summed E-state index contributed by atoms with van der Waals surface area (Å²) in [5.41, 5.74) is 1.51. The van der Waals surface area contributed by atoms with Gasteiger partial charge >= 0.3 is 0 Å². The van der Waals surface area contributed by atoms with Crippen LogP contribution in [0.2, 0.25) is 0 Å². The van der Waals surface area contributed by atoms with Gasteiger partial charge in [-0.05, 0) is 37.5 Å². The fraction of sp³-hybridized carbons (Fsp3) is 1.00. The van der Waals surface area contributed by atoms with Gasteiger partial charge < -0.3 is 4.89 Å². The summed E-state index contributed by atoms with van der Waals surface area (Å²) in [5, 5.41) is 0. The molecule has 2 aliphatic carbocycles. The molecule has 1 nitrogen and oxygen atoms in total. The zero-order chi connectivity index (χ0) is 9.54. The van der Waals surface area contributed by atoms with Gasteiger partial charge in [-0.15, -0.1) is 0 Å². The Balaban J connectivity index is 1.83. The molecule has 0 bridgehead atoms. The molecule has 3 aliphatic rings. The summed E-state index contributed by atoms with van der Waals surface area (Å²) in [6, 6.07) is 0. The highest BCUT2D eigenvalue weighted by atomic mass is 31.1. The van der Waals surface area contributed by atoms with Gasteiger partial charge in [0.1, 0.15) is 0 Å². The van der Waals surface area contributed by atoms with Crippen LogP contribution in [0.3, 0.4) is 0 Å². The van der Waals surface area contributed by atoms with Crippen LogP contribution in [0.15, 0.2) is 0 Å². The van der Waals surface area contributed by atoms with E-state index >= 15 is 0 Å². The van der Waals surface area contributed by atoms with Crippen LogP contribution >= 0.6 is 8.15 Å². The van der Waals surface area contributed by atoms with Crippen LogP contribution in [0.5, 0.6) is 0 Å². The normalized spacial score (nSPS) is 52.5. The van der Waals surface area contributed by atoms with Crippen molar-refractivity contribution < 1.29 is 4.89 Å². The summed E-state index contributed by atoms with van der Waals surface area (Å²) in [6.45, 7) is 0. The maximum Gasteiger partial charge on any atom is 0.0320 e. The minimum Gasteiger partial charge on any atom is -0.373 e. The van der Waals surface area contributed by atoms with E-state index in [1.807, 2.05) is 0 Å². The van der Waals surface area contributed by atoms with Gasteiger partial charge in [-0.2, -0.15) is 0 Å². The quantitative estimate of drug-likeness (QED) is 0.609. The van der Waals surface area contributed by atoms with Crippen molar-refractivity contribution in [1.82, 2.24) is 0 Å². The molecule has 0 aromatic rings. The van der Waals surface area contributed by atoms with Gasteiger partial charge in [-0.25, -0.2) is 0 Å². The zero-order valence-corrected chi connectivity index (χ0v) is 9.76. The molecule has 3 fully saturated rings. The molecule has 1 saturated heterocycles. The average molecular weight is 212 g/mol. The summed E-state index contributed by atoms with van der Waals surface area (Å²) >= 11 is 0. The highest BCUT2D eigenvalue weighted by Gasteiger charge is 2.50. The first-order valence-electron chi connectivity index (χ1n) is 6.35. The van der Waals surface area contributed by atoms with Gasteiger partial charge in [-0.3, -0.25) is 0 Å². The first-order valence-corrected chi connectivity index (χ1v) is 7.78. The molecule has 0 radical (unpaired) electrons. The van der Waals surface area contributed by atoms with Crippen molar-refractivity contribution in [3.8, 4) is 0 Å². The Morgan fingerprint density at radius 3 is 1.64 bits per heavy atom. The van der Waals surface area contributed by atoms with E-state index in [1.165, 1.54) is 51.4 Å². The van der Waals surface area contributed by atoms with Gasteiger partial charge in [0.15, 0.2) is 0 Å². The topological polar surface area (TPSA) is 20.2 Å². The third-order valence-electron chi connectivity index (χ3n) is 4.79. The minimum absolute atomic E-state index is 0.580. The monoisotopic (exact) mass is 212 g/mol. The van der Waals surface area contributed by atoms with Crippen LogP contribution in [0, 0.1) is 11.8 Å². The summed E-state index contributed by atoms with van der Waals surface area (Å²) in [5.74, 6) is 1.87. The van der Waals surface area contributed by atoms with Crippen molar-refractivity contribution in [2.45, 2.75) is 62.7 Å². The lowest BCUT2D eigenvalue weighted by atomic mass is 9.73. The van der Waals surface area contributed by atoms with Gasteiger partial charge in [0.05, 0.1) is 0 Å². The predicted molar refractivity (Wildman–Crippen MR) is 60.6 cm³/mol. The van der Waals surface area contributed by atoms with Crippen LogP contribution in [-0.2, 0) is 0 Å². The lowest BCUT2D eigenvalue weighted by Gasteiger charge is -2.31. The highest BCUT2D eigenvalue weighted by molar-refractivity contribution is 7.53. The lowest BCUT2D eigenvalue weighted by Crippen LogP contribution is -2.26. The predicted octanol–water partition coefficient (Wildman–Crippen LogP) is 3.51. The second kappa shape index (κ2) is 3.76. The number of hydrogen-bond donors (Lipinski definition) is 1. The SMILES string of the molecule is OP1C2CCCCC2C2CCCCC21. The fourth-order valence-corrected chi connectivity index (χ4v) is 7.09. The maximum absolute atomic E-state index is 10.4. The second-order valence-electron chi connectivity index (χ2n) is 5.41. The molecule has 0 aromatic heterocycles. The molecular formula is C12H21OP. The molecule has 0 amide bonds. The van der Waals surface area contributed by atoms with Crippen molar-refractivity contribution in [3.63, 3.8) is 0 Å². The zero-order valence-electron chi connectivity index (χ0n) is 8.86. The molecule has 4 unspecified atom stereocenters. The molecule has 2 saturated carbocycles. The van der Waals surface area contributed by atoms with Gasteiger partial charge in [0.25, 0.3) is 0 Å². The van der Waals surface area contributed by atoms with E-state index in [9.17, 15) is 4.89 Å². The minimum atomic E-state index is -0.580. The molecule has 14 heavy (non-hydrogen) atoms. The van der Waals surface area contributed by atoms with E-state index < -0.39 is 8.15 Å². The molecule has 3 rings (SSSR count). The summed E-state index contributed by atoms with van der Waals surface area (Å²) in [4.78, 5) is 10.4. The summed E-state index contributed by atoms with van der Waals surface area (Å²) < 4.78 is 0. The van der Waals surface area contributed by atoms with Crippen LogP contribution < -0.4 is 0 Å². The van der Waals surface area contributed by atoms with Gasteiger partial charge in [-0.1, -0.05) is 25.7 Å². The van der Waals surface area contributed by atoms with E-state index in [0.29, 0.717) is 0 Å². The Morgan fingerprint density at radius 1 is 0.714 bits per heavy atom. The molecule has 1 heterocycles. The van der Waals surface area contributed by atoms with E-state index in [2.05, 4.69) is 0 Å². The fourth-order valence-electron chi connectivity index (χ4n) is 4.18. The third kappa shape index (κ3) is 1.36. The molecule has 0 spiro atoms. The van der Waals surface area contributed by atoms with Crippen molar-refractivity contribution in [2.24, 2.45) is 11.8 Å². The van der Waals surface area contributed by atoms with Crippen LogP contribution in [0.25, 0.3) is 0 Å². The van der Waals surface area contributed by atoms with Crippen molar-refractivity contribution in [1.29, 1.82) is 0 Å². The summed E-state index contributed by atoms with van der Waals surface area (Å²) in [6.07, 6.45) is 11.2. The van der Waals surface area contributed by atoms with Crippen molar-refractivity contribution >= 4 is 8.15 Å². The first-order chi connectivity index (χ1) is 6.88. The second-order valence-corrected chi connectivity index (χ2v) is 7.50. The molecule has 4 atom stereocenters. The molecule has 80 valence electrons. The Hall–Kier alpha value is 0.390. The maximum atomic E-state index is 10.4.